The first-order valence-corrected chi connectivity index (χ1v) is 5.22. The molecule has 0 spiro atoms. The fourth-order valence-electron chi connectivity index (χ4n) is 2.07. The first kappa shape index (κ1) is 9.68. The minimum absolute atomic E-state index is 0.559. The number of fused-ring (bicyclic) bond motifs is 1. The van der Waals surface area contributed by atoms with Crippen LogP contribution in [0.3, 0.4) is 0 Å². The molecule has 0 amide bonds. The second kappa shape index (κ2) is 3.71. The van der Waals surface area contributed by atoms with E-state index >= 15 is 0 Å². The van der Waals surface area contributed by atoms with E-state index in [0.717, 1.165) is 31.7 Å². The molecule has 0 saturated heterocycles. The SMILES string of the molecule is CCc1nc(CN)c2n1CCN(C)C2. The Kier molecular flexibility index (Phi) is 2.56. The molecule has 1 aromatic heterocycles. The van der Waals surface area contributed by atoms with E-state index in [4.69, 9.17) is 5.73 Å². The zero-order valence-corrected chi connectivity index (χ0v) is 8.95. The number of hydrogen-bond acceptors (Lipinski definition) is 3. The van der Waals surface area contributed by atoms with Crippen LogP contribution in [0.5, 0.6) is 0 Å². The van der Waals surface area contributed by atoms with E-state index in [1.165, 1.54) is 11.5 Å². The van der Waals surface area contributed by atoms with E-state index in [0.29, 0.717) is 6.54 Å². The monoisotopic (exact) mass is 194 g/mol. The summed E-state index contributed by atoms with van der Waals surface area (Å²) in [7, 11) is 2.14. The first-order valence-electron chi connectivity index (χ1n) is 5.22. The Morgan fingerprint density at radius 2 is 2.21 bits per heavy atom. The summed E-state index contributed by atoms with van der Waals surface area (Å²) >= 11 is 0. The number of nitrogens with two attached hydrogens (primary N) is 1. The van der Waals surface area contributed by atoms with Crippen molar-refractivity contribution in [2.75, 3.05) is 13.6 Å². The fraction of sp³-hybridized carbons (Fsp3) is 0.700. The van der Waals surface area contributed by atoms with Crippen LogP contribution in [-0.4, -0.2) is 28.0 Å². The number of aromatic nitrogens is 2. The van der Waals surface area contributed by atoms with Crippen molar-refractivity contribution >= 4 is 0 Å². The van der Waals surface area contributed by atoms with Crippen LogP contribution >= 0.6 is 0 Å². The number of likely N-dealkylation sites (N-methyl/N-ethyl adjacent to an activating group) is 1. The van der Waals surface area contributed by atoms with Crippen LogP contribution in [0.1, 0.15) is 24.1 Å². The molecule has 2 rings (SSSR count). The van der Waals surface area contributed by atoms with Crippen LogP contribution in [0.25, 0.3) is 0 Å². The van der Waals surface area contributed by atoms with Gasteiger partial charge in [0.1, 0.15) is 5.82 Å². The Morgan fingerprint density at radius 1 is 1.43 bits per heavy atom. The predicted molar refractivity (Wildman–Crippen MR) is 55.8 cm³/mol. The molecule has 0 radical (unpaired) electrons. The molecule has 0 aliphatic carbocycles. The molecule has 2 heterocycles. The largest absolute Gasteiger partial charge is 0.329 e. The van der Waals surface area contributed by atoms with Gasteiger partial charge in [0.05, 0.1) is 11.4 Å². The third-order valence-electron chi connectivity index (χ3n) is 2.87. The molecule has 0 unspecified atom stereocenters. The summed E-state index contributed by atoms with van der Waals surface area (Å²) in [6, 6.07) is 0. The van der Waals surface area contributed by atoms with E-state index in [-0.39, 0.29) is 0 Å². The van der Waals surface area contributed by atoms with Gasteiger partial charge in [-0.05, 0) is 7.05 Å². The minimum Gasteiger partial charge on any atom is -0.329 e. The fourth-order valence-corrected chi connectivity index (χ4v) is 2.07. The molecule has 0 atom stereocenters. The summed E-state index contributed by atoms with van der Waals surface area (Å²) in [6.07, 6.45) is 0.997. The maximum absolute atomic E-state index is 5.69. The zero-order chi connectivity index (χ0) is 10.1. The van der Waals surface area contributed by atoms with Gasteiger partial charge in [0.15, 0.2) is 0 Å². The summed E-state index contributed by atoms with van der Waals surface area (Å²) in [5.74, 6) is 1.19. The van der Waals surface area contributed by atoms with Gasteiger partial charge in [-0.15, -0.1) is 0 Å². The van der Waals surface area contributed by atoms with Crippen molar-refractivity contribution in [3.05, 3.63) is 17.2 Å². The van der Waals surface area contributed by atoms with Gasteiger partial charge in [-0.2, -0.15) is 0 Å². The van der Waals surface area contributed by atoms with Gasteiger partial charge in [-0.3, -0.25) is 4.90 Å². The Morgan fingerprint density at radius 3 is 2.86 bits per heavy atom. The van der Waals surface area contributed by atoms with Crippen molar-refractivity contribution in [2.24, 2.45) is 5.73 Å². The van der Waals surface area contributed by atoms with E-state index < -0.39 is 0 Å². The predicted octanol–water partition coefficient (Wildman–Crippen LogP) is 0.350. The van der Waals surface area contributed by atoms with Crippen LogP contribution in [0.2, 0.25) is 0 Å². The minimum atomic E-state index is 0.559. The van der Waals surface area contributed by atoms with Gasteiger partial charge in [0, 0.05) is 32.6 Å². The highest BCUT2D eigenvalue weighted by Gasteiger charge is 2.20. The van der Waals surface area contributed by atoms with E-state index in [2.05, 4.69) is 28.4 Å². The van der Waals surface area contributed by atoms with Crippen molar-refractivity contribution in [3.8, 4) is 0 Å². The molecule has 4 nitrogen and oxygen atoms in total. The second-order valence-corrected chi connectivity index (χ2v) is 3.87. The van der Waals surface area contributed by atoms with Gasteiger partial charge in [-0.25, -0.2) is 4.98 Å². The van der Waals surface area contributed by atoms with Gasteiger partial charge < -0.3 is 10.3 Å². The summed E-state index contributed by atoms with van der Waals surface area (Å²) in [6.45, 7) is 5.86. The molecular weight excluding hydrogens is 176 g/mol. The summed E-state index contributed by atoms with van der Waals surface area (Å²) in [4.78, 5) is 6.89. The average molecular weight is 194 g/mol. The van der Waals surface area contributed by atoms with Gasteiger partial charge in [0.25, 0.3) is 0 Å². The third-order valence-corrected chi connectivity index (χ3v) is 2.87. The number of nitrogens with zero attached hydrogens (tertiary/aromatic N) is 3. The normalized spacial score (nSPS) is 17.1. The Hall–Kier alpha value is -0.870. The van der Waals surface area contributed by atoms with Gasteiger partial charge in [0.2, 0.25) is 0 Å². The maximum atomic E-state index is 5.69. The lowest BCUT2D eigenvalue weighted by Crippen LogP contribution is -2.31. The maximum Gasteiger partial charge on any atom is 0.109 e. The van der Waals surface area contributed by atoms with E-state index in [9.17, 15) is 0 Å². The number of imidazole rings is 1. The molecule has 14 heavy (non-hydrogen) atoms. The zero-order valence-electron chi connectivity index (χ0n) is 8.95. The quantitative estimate of drug-likeness (QED) is 0.739. The van der Waals surface area contributed by atoms with Gasteiger partial charge >= 0.3 is 0 Å². The molecule has 78 valence electrons. The molecule has 0 bridgehead atoms. The van der Waals surface area contributed by atoms with Crippen molar-refractivity contribution in [2.45, 2.75) is 33.0 Å². The topological polar surface area (TPSA) is 47.1 Å². The van der Waals surface area contributed by atoms with Crippen molar-refractivity contribution in [3.63, 3.8) is 0 Å². The van der Waals surface area contributed by atoms with Crippen molar-refractivity contribution < 1.29 is 0 Å². The smallest absolute Gasteiger partial charge is 0.109 e. The summed E-state index contributed by atoms with van der Waals surface area (Å²) < 4.78 is 2.34. The van der Waals surface area contributed by atoms with Crippen molar-refractivity contribution in [1.29, 1.82) is 0 Å². The van der Waals surface area contributed by atoms with Crippen LogP contribution < -0.4 is 5.73 Å². The van der Waals surface area contributed by atoms with E-state index in [1.807, 2.05) is 0 Å². The van der Waals surface area contributed by atoms with Crippen molar-refractivity contribution in [1.82, 2.24) is 14.5 Å². The lowest BCUT2D eigenvalue weighted by molar-refractivity contribution is 0.266. The van der Waals surface area contributed by atoms with Crippen LogP contribution in [0.4, 0.5) is 0 Å². The highest BCUT2D eigenvalue weighted by molar-refractivity contribution is 5.19. The molecule has 2 N–H and O–H groups in total. The average Bonchev–Trinajstić information content (AvgIpc) is 2.55. The van der Waals surface area contributed by atoms with Crippen LogP contribution in [0.15, 0.2) is 0 Å². The summed E-state index contributed by atoms with van der Waals surface area (Å²) in [5.41, 5.74) is 8.09. The van der Waals surface area contributed by atoms with Crippen LogP contribution in [-0.2, 0) is 26.1 Å². The summed E-state index contributed by atoms with van der Waals surface area (Å²) in [5, 5.41) is 0. The van der Waals surface area contributed by atoms with E-state index in [1.54, 1.807) is 0 Å². The molecular formula is C10H18N4. The Bertz CT molecular complexity index is 329. The molecule has 4 heteroatoms. The molecule has 0 aromatic carbocycles. The number of rotatable bonds is 2. The molecule has 0 fully saturated rings. The second-order valence-electron chi connectivity index (χ2n) is 3.87. The Balaban J connectivity index is 2.42. The standard InChI is InChI=1S/C10H18N4/c1-3-10-12-8(6-11)9-7-13(2)4-5-14(9)10/h3-7,11H2,1-2H3. The molecule has 0 saturated carbocycles. The lowest BCUT2D eigenvalue weighted by Gasteiger charge is -2.25. The highest BCUT2D eigenvalue weighted by Crippen LogP contribution is 2.18. The molecule has 1 aliphatic heterocycles. The highest BCUT2D eigenvalue weighted by atomic mass is 15.2. The Labute approximate surface area is 84.7 Å². The van der Waals surface area contributed by atoms with Crippen LogP contribution in [0, 0.1) is 0 Å². The number of hydrogen-bond donors (Lipinski definition) is 1. The molecule has 1 aliphatic rings. The lowest BCUT2D eigenvalue weighted by atomic mass is 10.2. The molecule has 1 aromatic rings. The number of aryl methyl sites for hydroxylation is 1. The van der Waals surface area contributed by atoms with Gasteiger partial charge in [-0.1, -0.05) is 6.92 Å². The first-order chi connectivity index (χ1) is 6.76. The third kappa shape index (κ3) is 1.44.